The lowest BCUT2D eigenvalue weighted by atomic mass is 9.76. The summed E-state index contributed by atoms with van der Waals surface area (Å²) in [5, 5.41) is 6.64. The summed E-state index contributed by atoms with van der Waals surface area (Å²) in [5.41, 5.74) is 6.38. The zero-order valence-corrected chi connectivity index (χ0v) is 20.0. The lowest BCUT2D eigenvalue weighted by molar-refractivity contribution is -0.143. The van der Waals surface area contributed by atoms with Crippen molar-refractivity contribution in [1.82, 2.24) is 10.2 Å². The zero-order valence-electron chi connectivity index (χ0n) is 19.3. The molecule has 2 fully saturated rings. The summed E-state index contributed by atoms with van der Waals surface area (Å²) in [5.74, 6) is -3.04. The SMILES string of the molecule is COc1ccccc1CN1C(=O)[C@H]2[C@@H](C1=O)[C@@]1(N[C@@H]2CCC(N)=O)C(=O)Nc2c1ccc(Cl)c2C. The van der Waals surface area contributed by atoms with Gasteiger partial charge in [0.15, 0.2) is 0 Å². The lowest BCUT2D eigenvalue weighted by Crippen LogP contribution is -2.53. The van der Waals surface area contributed by atoms with E-state index in [2.05, 4.69) is 10.6 Å². The normalized spacial score (nSPS) is 26.8. The summed E-state index contributed by atoms with van der Waals surface area (Å²) in [7, 11) is 1.52. The average molecular weight is 497 g/mol. The Morgan fingerprint density at radius 1 is 1.17 bits per heavy atom. The molecule has 2 aromatic carbocycles. The standard InChI is InChI=1S/C25H25ClN4O5/c1-12-15(26)8-7-14-21(12)28-24(34)25(14)20-19(16(29-25)9-10-18(27)31)22(32)30(23(20)33)11-13-5-3-4-6-17(13)35-2/h3-8,16,19-20,29H,9-11H2,1-2H3,(H2,27,31)(H,28,34)/t16-,19-,20+,25-/m1/s1. The summed E-state index contributed by atoms with van der Waals surface area (Å²) in [6.07, 6.45) is 0.230. The van der Waals surface area contributed by atoms with Crippen molar-refractivity contribution in [3.63, 3.8) is 0 Å². The Bertz CT molecular complexity index is 1280. The average Bonchev–Trinajstić information content (AvgIpc) is 3.41. The Hall–Kier alpha value is -3.43. The number of primary amides is 1. The minimum atomic E-state index is -1.46. The largest absolute Gasteiger partial charge is 0.496 e. The van der Waals surface area contributed by atoms with Crippen LogP contribution in [0.3, 0.4) is 0 Å². The molecule has 2 saturated heterocycles. The molecule has 2 aromatic rings. The first-order valence-electron chi connectivity index (χ1n) is 11.3. The van der Waals surface area contributed by atoms with Crippen LogP contribution in [-0.4, -0.2) is 41.7 Å². The number of imide groups is 1. The number of fused-ring (bicyclic) bond motifs is 4. The van der Waals surface area contributed by atoms with Crippen LogP contribution in [0.4, 0.5) is 5.69 Å². The van der Waals surface area contributed by atoms with Gasteiger partial charge >= 0.3 is 0 Å². The fourth-order valence-corrected chi connectivity index (χ4v) is 5.91. The van der Waals surface area contributed by atoms with Crippen LogP contribution in [0.5, 0.6) is 5.75 Å². The van der Waals surface area contributed by atoms with Crippen LogP contribution >= 0.6 is 11.6 Å². The molecule has 10 heteroatoms. The van der Waals surface area contributed by atoms with E-state index >= 15 is 0 Å². The second kappa shape index (κ2) is 8.35. The number of methoxy groups -OCH3 is 1. The number of benzene rings is 2. The number of halogens is 1. The Labute approximate surface area is 206 Å². The highest BCUT2D eigenvalue weighted by molar-refractivity contribution is 6.32. The maximum atomic E-state index is 13.9. The molecule has 1 spiro atoms. The first-order valence-corrected chi connectivity index (χ1v) is 11.7. The Kier molecular flexibility index (Phi) is 5.56. The summed E-state index contributed by atoms with van der Waals surface area (Å²) in [4.78, 5) is 53.9. The van der Waals surface area contributed by atoms with Gasteiger partial charge in [-0.2, -0.15) is 0 Å². The van der Waals surface area contributed by atoms with Gasteiger partial charge in [-0.15, -0.1) is 0 Å². The molecule has 3 aliphatic heterocycles. The van der Waals surface area contributed by atoms with E-state index in [9.17, 15) is 19.2 Å². The highest BCUT2D eigenvalue weighted by Gasteiger charge is 2.70. The van der Waals surface area contributed by atoms with Crippen LogP contribution < -0.4 is 21.1 Å². The monoisotopic (exact) mass is 496 g/mol. The molecule has 9 nitrogen and oxygen atoms in total. The van der Waals surface area contributed by atoms with Crippen molar-refractivity contribution in [3.8, 4) is 5.75 Å². The van der Waals surface area contributed by atoms with E-state index in [-0.39, 0.29) is 19.4 Å². The number of hydrogen-bond donors (Lipinski definition) is 3. The number of amides is 4. The van der Waals surface area contributed by atoms with Gasteiger partial charge in [-0.25, -0.2) is 0 Å². The third-order valence-electron chi connectivity index (χ3n) is 7.40. The van der Waals surface area contributed by atoms with Gasteiger partial charge in [0.1, 0.15) is 11.3 Å². The molecular weight excluding hydrogens is 472 g/mol. The number of carbonyl (C=O) groups excluding carboxylic acids is 4. The van der Waals surface area contributed by atoms with Gasteiger partial charge in [-0.05, 0) is 31.0 Å². The summed E-state index contributed by atoms with van der Waals surface area (Å²) < 4.78 is 5.40. The quantitative estimate of drug-likeness (QED) is 0.523. The molecule has 3 aliphatic rings. The number of anilines is 1. The fourth-order valence-electron chi connectivity index (χ4n) is 5.76. The molecular formula is C25H25ClN4O5. The third kappa shape index (κ3) is 3.33. The van der Waals surface area contributed by atoms with Crippen molar-refractivity contribution in [2.75, 3.05) is 12.4 Å². The molecule has 3 heterocycles. The molecule has 0 radical (unpaired) electrons. The number of para-hydroxylation sites is 1. The van der Waals surface area contributed by atoms with Crippen molar-refractivity contribution in [2.45, 2.75) is 37.9 Å². The number of nitrogens with two attached hydrogens (primary N) is 1. The molecule has 182 valence electrons. The van der Waals surface area contributed by atoms with Crippen molar-refractivity contribution < 1.29 is 23.9 Å². The highest BCUT2D eigenvalue weighted by atomic mass is 35.5. The van der Waals surface area contributed by atoms with E-state index in [1.807, 2.05) is 0 Å². The smallest absolute Gasteiger partial charge is 0.250 e. The first-order chi connectivity index (χ1) is 16.7. The van der Waals surface area contributed by atoms with Crippen molar-refractivity contribution in [3.05, 3.63) is 58.1 Å². The third-order valence-corrected chi connectivity index (χ3v) is 7.81. The molecule has 0 aliphatic carbocycles. The van der Waals surface area contributed by atoms with Crippen LogP contribution in [-0.2, 0) is 31.3 Å². The molecule has 0 bridgehead atoms. The van der Waals surface area contributed by atoms with Gasteiger partial charge in [0.2, 0.25) is 23.6 Å². The number of likely N-dealkylation sites (tertiary alicyclic amines) is 1. The van der Waals surface area contributed by atoms with Gasteiger partial charge in [0.25, 0.3) is 0 Å². The lowest BCUT2D eigenvalue weighted by Gasteiger charge is -2.29. The van der Waals surface area contributed by atoms with E-state index in [4.69, 9.17) is 22.1 Å². The van der Waals surface area contributed by atoms with Crippen LogP contribution in [0.25, 0.3) is 0 Å². The van der Waals surface area contributed by atoms with Gasteiger partial charge < -0.3 is 15.8 Å². The second-order valence-corrected chi connectivity index (χ2v) is 9.60. The van der Waals surface area contributed by atoms with Gasteiger partial charge in [0.05, 0.1) is 31.2 Å². The van der Waals surface area contributed by atoms with Crippen LogP contribution in [0.1, 0.15) is 29.5 Å². The topological polar surface area (TPSA) is 131 Å². The molecule has 35 heavy (non-hydrogen) atoms. The van der Waals surface area contributed by atoms with Crippen molar-refractivity contribution >= 4 is 40.9 Å². The minimum absolute atomic E-state index is 0.0130. The Morgan fingerprint density at radius 2 is 1.91 bits per heavy atom. The van der Waals surface area contributed by atoms with Crippen LogP contribution in [0, 0.1) is 18.8 Å². The number of hydrogen-bond acceptors (Lipinski definition) is 6. The van der Waals surface area contributed by atoms with E-state index in [1.165, 1.54) is 12.0 Å². The molecule has 4 N–H and O–H groups in total. The van der Waals surface area contributed by atoms with E-state index in [0.717, 1.165) is 0 Å². The molecule has 4 amide bonds. The van der Waals surface area contributed by atoms with E-state index < -0.39 is 47.0 Å². The Morgan fingerprint density at radius 3 is 2.63 bits per heavy atom. The summed E-state index contributed by atoms with van der Waals surface area (Å²) >= 11 is 6.29. The number of carbonyl (C=O) groups is 4. The van der Waals surface area contributed by atoms with Crippen molar-refractivity contribution in [2.24, 2.45) is 17.6 Å². The summed E-state index contributed by atoms with van der Waals surface area (Å²) in [6.45, 7) is 1.80. The van der Waals surface area contributed by atoms with Gasteiger partial charge in [-0.1, -0.05) is 35.9 Å². The maximum absolute atomic E-state index is 13.9. The number of nitrogens with one attached hydrogen (secondary N) is 2. The predicted molar refractivity (Wildman–Crippen MR) is 127 cm³/mol. The Balaban J connectivity index is 1.60. The second-order valence-electron chi connectivity index (χ2n) is 9.19. The van der Waals surface area contributed by atoms with Crippen LogP contribution in [0.15, 0.2) is 36.4 Å². The van der Waals surface area contributed by atoms with Gasteiger partial charge in [0, 0.05) is 28.6 Å². The first kappa shape index (κ1) is 23.3. The van der Waals surface area contributed by atoms with Gasteiger partial charge in [-0.3, -0.25) is 29.4 Å². The maximum Gasteiger partial charge on any atom is 0.250 e. The number of rotatable bonds is 6. The molecule has 0 unspecified atom stereocenters. The number of nitrogens with zero attached hydrogens (tertiary/aromatic N) is 1. The molecule has 4 atom stereocenters. The summed E-state index contributed by atoms with van der Waals surface area (Å²) in [6, 6.07) is 9.94. The highest BCUT2D eigenvalue weighted by Crippen LogP contribution is 2.54. The zero-order chi connectivity index (χ0) is 25.1. The van der Waals surface area contributed by atoms with Crippen LogP contribution in [0.2, 0.25) is 5.02 Å². The molecule has 0 aromatic heterocycles. The van der Waals surface area contributed by atoms with E-state index in [0.29, 0.717) is 33.1 Å². The van der Waals surface area contributed by atoms with E-state index in [1.54, 1.807) is 43.3 Å². The minimum Gasteiger partial charge on any atom is -0.496 e. The fraction of sp³-hybridized carbons (Fsp3) is 0.360. The van der Waals surface area contributed by atoms with Crippen molar-refractivity contribution in [1.29, 1.82) is 0 Å². The predicted octanol–water partition coefficient (Wildman–Crippen LogP) is 1.84. The number of ether oxygens (including phenoxy) is 1. The molecule has 0 saturated carbocycles. The molecule has 5 rings (SSSR count).